The van der Waals surface area contributed by atoms with Gasteiger partial charge in [0.1, 0.15) is 12.4 Å². The van der Waals surface area contributed by atoms with Crippen LogP contribution in [0.3, 0.4) is 0 Å². The second-order valence-corrected chi connectivity index (χ2v) is 6.80. The number of aryl methyl sites for hydroxylation is 1. The third-order valence-corrected chi connectivity index (χ3v) is 4.56. The number of rotatable bonds is 8. The lowest BCUT2D eigenvalue weighted by Crippen LogP contribution is -2.01. The molecule has 0 heterocycles. The molecule has 0 radical (unpaired) electrons. The normalized spacial score (nSPS) is 10.9. The number of hydrogen-bond donors (Lipinski definition) is 1. The number of nitrogens with zero attached hydrogens (tertiary/aromatic N) is 1. The summed E-state index contributed by atoms with van der Waals surface area (Å²) in [5.41, 5.74) is 6.51. The Kier molecular flexibility index (Phi) is 7.09. The van der Waals surface area contributed by atoms with E-state index in [9.17, 15) is 4.39 Å². The highest BCUT2D eigenvalue weighted by Gasteiger charge is 2.07. The van der Waals surface area contributed by atoms with E-state index in [0.29, 0.717) is 29.7 Å². The molecule has 0 fully saturated rings. The number of hydrogen-bond acceptors (Lipinski definition) is 4. The SMILES string of the molecule is CCOc1cc(C=NNc2ccc(C)c(Cl)c2)ccc1OCc1ccc(F)cc1. The highest BCUT2D eigenvalue weighted by Crippen LogP contribution is 2.29. The molecule has 3 aromatic carbocycles. The van der Waals surface area contributed by atoms with Crippen LogP contribution in [0, 0.1) is 12.7 Å². The van der Waals surface area contributed by atoms with Crippen molar-refractivity contribution in [3.63, 3.8) is 0 Å². The lowest BCUT2D eigenvalue weighted by molar-refractivity contribution is 0.269. The Hall–Kier alpha value is -3.05. The van der Waals surface area contributed by atoms with E-state index in [-0.39, 0.29) is 5.82 Å². The van der Waals surface area contributed by atoms with Gasteiger partial charge >= 0.3 is 0 Å². The molecule has 0 aliphatic rings. The largest absolute Gasteiger partial charge is 0.490 e. The van der Waals surface area contributed by atoms with E-state index >= 15 is 0 Å². The zero-order valence-electron chi connectivity index (χ0n) is 16.3. The number of nitrogens with one attached hydrogen (secondary N) is 1. The number of anilines is 1. The number of halogens is 2. The first kappa shape index (κ1) is 20.7. The number of ether oxygens (including phenoxy) is 2. The van der Waals surface area contributed by atoms with Crippen LogP contribution in [-0.4, -0.2) is 12.8 Å². The smallest absolute Gasteiger partial charge is 0.161 e. The van der Waals surface area contributed by atoms with Crippen LogP contribution in [0.5, 0.6) is 11.5 Å². The van der Waals surface area contributed by atoms with E-state index in [2.05, 4.69) is 10.5 Å². The molecular formula is C23H22ClFN2O2. The van der Waals surface area contributed by atoms with Crippen molar-refractivity contribution in [2.24, 2.45) is 5.10 Å². The van der Waals surface area contributed by atoms with Gasteiger partial charge in [-0.2, -0.15) is 5.10 Å². The van der Waals surface area contributed by atoms with Crippen molar-refractivity contribution in [3.8, 4) is 11.5 Å². The molecule has 29 heavy (non-hydrogen) atoms. The Morgan fingerprint density at radius 1 is 1.00 bits per heavy atom. The molecule has 6 heteroatoms. The summed E-state index contributed by atoms with van der Waals surface area (Å²) in [6.45, 7) is 4.69. The van der Waals surface area contributed by atoms with Gasteiger partial charge in [-0.15, -0.1) is 0 Å². The van der Waals surface area contributed by atoms with E-state index in [1.807, 2.05) is 50.2 Å². The average Bonchev–Trinajstić information content (AvgIpc) is 2.71. The van der Waals surface area contributed by atoms with Gasteiger partial charge < -0.3 is 9.47 Å². The molecule has 0 spiro atoms. The molecule has 4 nitrogen and oxygen atoms in total. The van der Waals surface area contributed by atoms with E-state index in [1.54, 1.807) is 18.3 Å². The Morgan fingerprint density at radius 2 is 1.79 bits per heavy atom. The maximum Gasteiger partial charge on any atom is 0.161 e. The van der Waals surface area contributed by atoms with Gasteiger partial charge in [0.15, 0.2) is 11.5 Å². The van der Waals surface area contributed by atoms with Crippen LogP contribution < -0.4 is 14.9 Å². The predicted molar refractivity (Wildman–Crippen MR) is 116 cm³/mol. The fraction of sp³-hybridized carbons (Fsp3) is 0.174. The second-order valence-electron chi connectivity index (χ2n) is 6.39. The van der Waals surface area contributed by atoms with Gasteiger partial charge in [0.25, 0.3) is 0 Å². The molecule has 0 atom stereocenters. The maximum absolute atomic E-state index is 13.0. The van der Waals surface area contributed by atoms with Crippen LogP contribution >= 0.6 is 11.6 Å². The summed E-state index contributed by atoms with van der Waals surface area (Å²) in [7, 11) is 0. The Bertz CT molecular complexity index is 991. The van der Waals surface area contributed by atoms with Gasteiger partial charge in [-0.1, -0.05) is 29.8 Å². The summed E-state index contributed by atoms with van der Waals surface area (Å²) >= 11 is 6.12. The van der Waals surface area contributed by atoms with E-state index < -0.39 is 0 Å². The molecule has 0 aliphatic heterocycles. The highest BCUT2D eigenvalue weighted by atomic mass is 35.5. The first-order chi connectivity index (χ1) is 14.0. The van der Waals surface area contributed by atoms with Crippen LogP contribution in [0.2, 0.25) is 5.02 Å². The third kappa shape index (κ3) is 5.96. The third-order valence-electron chi connectivity index (χ3n) is 4.15. The molecule has 0 amide bonds. The van der Waals surface area contributed by atoms with Crippen molar-refractivity contribution in [1.82, 2.24) is 0 Å². The number of hydrazone groups is 1. The van der Waals surface area contributed by atoms with Crippen LogP contribution in [0.1, 0.15) is 23.6 Å². The van der Waals surface area contributed by atoms with Crippen molar-refractivity contribution in [1.29, 1.82) is 0 Å². The molecular weight excluding hydrogens is 391 g/mol. The minimum Gasteiger partial charge on any atom is -0.490 e. The minimum absolute atomic E-state index is 0.270. The number of benzene rings is 3. The molecule has 0 bridgehead atoms. The van der Waals surface area contributed by atoms with Gasteiger partial charge in [0.2, 0.25) is 0 Å². The molecule has 3 rings (SSSR count). The molecule has 150 valence electrons. The van der Waals surface area contributed by atoms with Crippen LogP contribution in [0.4, 0.5) is 10.1 Å². The van der Waals surface area contributed by atoms with E-state index in [1.165, 1.54) is 12.1 Å². The quantitative estimate of drug-likeness (QED) is 0.353. The fourth-order valence-corrected chi connectivity index (χ4v) is 2.76. The van der Waals surface area contributed by atoms with Crippen molar-refractivity contribution < 1.29 is 13.9 Å². The standard InChI is InChI=1S/C23H22ClFN2O2/c1-3-28-23-12-18(14-26-27-20-10-4-16(2)21(24)13-20)7-11-22(23)29-15-17-5-8-19(25)9-6-17/h4-14,27H,3,15H2,1-2H3. The van der Waals surface area contributed by atoms with Gasteiger partial charge in [-0.3, -0.25) is 5.43 Å². The van der Waals surface area contributed by atoms with Crippen molar-refractivity contribution >= 4 is 23.5 Å². The zero-order valence-corrected chi connectivity index (χ0v) is 17.0. The molecule has 0 aromatic heterocycles. The Morgan fingerprint density at radius 3 is 2.52 bits per heavy atom. The van der Waals surface area contributed by atoms with Crippen LogP contribution in [-0.2, 0) is 6.61 Å². The van der Waals surface area contributed by atoms with Crippen molar-refractivity contribution in [2.75, 3.05) is 12.0 Å². The molecule has 3 aromatic rings. The first-order valence-corrected chi connectivity index (χ1v) is 9.62. The molecule has 0 saturated carbocycles. The van der Waals surface area contributed by atoms with Gasteiger partial charge in [-0.25, -0.2) is 4.39 Å². The average molecular weight is 413 g/mol. The lowest BCUT2D eigenvalue weighted by atomic mass is 10.2. The molecule has 1 N–H and O–H groups in total. The first-order valence-electron chi connectivity index (χ1n) is 9.24. The fourth-order valence-electron chi connectivity index (χ4n) is 2.58. The van der Waals surface area contributed by atoms with Crippen LogP contribution in [0.25, 0.3) is 0 Å². The Balaban J connectivity index is 1.67. The van der Waals surface area contributed by atoms with Gasteiger partial charge in [-0.05, 0) is 73.0 Å². The zero-order chi connectivity index (χ0) is 20.6. The second kappa shape index (κ2) is 9.94. The van der Waals surface area contributed by atoms with E-state index in [0.717, 1.165) is 22.4 Å². The summed E-state index contributed by atoms with van der Waals surface area (Å²) < 4.78 is 24.6. The van der Waals surface area contributed by atoms with Crippen molar-refractivity contribution in [2.45, 2.75) is 20.5 Å². The maximum atomic E-state index is 13.0. The monoisotopic (exact) mass is 412 g/mol. The summed E-state index contributed by atoms with van der Waals surface area (Å²) in [5.74, 6) is 0.970. The Labute approximate surface area is 174 Å². The molecule has 0 unspecified atom stereocenters. The van der Waals surface area contributed by atoms with E-state index in [4.69, 9.17) is 21.1 Å². The lowest BCUT2D eigenvalue weighted by Gasteiger charge is -2.12. The van der Waals surface area contributed by atoms with Gasteiger partial charge in [0.05, 0.1) is 18.5 Å². The molecule has 0 saturated heterocycles. The molecule has 0 aliphatic carbocycles. The summed E-state index contributed by atoms with van der Waals surface area (Å²) in [6.07, 6.45) is 1.69. The summed E-state index contributed by atoms with van der Waals surface area (Å²) in [6, 6.07) is 17.5. The predicted octanol–water partition coefficient (Wildman–Crippen LogP) is 6.21. The summed E-state index contributed by atoms with van der Waals surface area (Å²) in [5, 5.41) is 4.94. The van der Waals surface area contributed by atoms with Crippen molar-refractivity contribution in [3.05, 3.63) is 88.2 Å². The summed E-state index contributed by atoms with van der Waals surface area (Å²) in [4.78, 5) is 0. The van der Waals surface area contributed by atoms with Gasteiger partial charge in [0, 0.05) is 5.02 Å². The highest BCUT2D eigenvalue weighted by molar-refractivity contribution is 6.31. The topological polar surface area (TPSA) is 42.8 Å². The van der Waals surface area contributed by atoms with Crippen LogP contribution in [0.15, 0.2) is 65.8 Å². The minimum atomic E-state index is -0.270.